The van der Waals surface area contributed by atoms with Gasteiger partial charge in [0, 0.05) is 4.47 Å². The van der Waals surface area contributed by atoms with Crippen LogP contribution < -0.4 is 5.32 Å². The Morgan fingerprint density at radius 3 is 3.00 bits per heavy atom. The maximum Gasteiger partial charge on any atom is 0.249 e. The number of aromatic nitrogens is 2. The molecule has 0 amide bonds. The van der Waals surface area contributed by atoms with Crippen LogP contribution >= 0.6 is 15.9 Å². The quantitative estimate of drug-likeness (QED) is 0.943. The molecule has 90 valence electrons. The second kappa shape index (κ2) is 5.37. The second-order valence-electron chi connectivity index (χ2n) is 3.41. The first-order chi connectivity index (χ1) is 8.20. The lowest BCUT2D eigenvalue weighted by atomic mass is 10.2. The highest BCUT2D eigenvalue weighted by Gasteiger charge is 2.12. The van der Waals surface area contributed by atoms with Crippen molar-refractivity contribution in [2.24, 2.45) is 0 Å². The van der Waals surface area contributed by atoms with E-state index in [1.54, 1.807) is 6.07 Å². The Bertz CT molecular complexity index is 515. The van der Waals surface area contributed by atoms with Crippen LogP contribution in [0.4, 0.5) is 4.39 Å². The van der Waals surface area contributed by atoms with Crippen molar-refractivity contribution in [3.05, 3.63) is 34.4 Å². The fraction of sp³-hybridized carbons (Fsp3) is 0.273. The maximum absolute atomic E-state index is 13.1. The fourth-order valence-electron chi connectivity index (χ4n) is 1.33. The van der Waals surface area contributed by atoms with E-state index in [9.17, 15) is 4.39 Å². The van der Waals surface area contributed by atoms with Gasteiger partial charge in [-0.15, -0.1) is 10.2 Å². The molecule has 4 nitrogen and oxygen atoms in total. The van der Waals surface area contributed by atoms with Crippen LogP contribution in [0.15, 0.2) is 27.1 Å². The Morgan fingerprint density at radius 1 is 1.41 bits per heavy atom. The third kappa shape index (κ3) is 2.89. The highest BCUT2D eigenvalue weighted by molar-refractivity contribution is 9.10. The van der Waals surface area contributed by atoms with Gasteiger partial charge in [-0.05, 0) is 40.7 Å². The smallest absolute Gasteiger partial charge is 0.249 e. The van der Waals surface area contributed by atoms with Gasteiger partial charge in [0.25, 0.3) is 0 Å². The first kappa shape index (κ1) is 12.2. The van der Waals surface area contributed by atoms with Crippen molar-refractivity contribution in [3.8, 4) is 11.5 Å². The molecule has 0 aliphatic carbocycles. The zero-order chi connectivity index (χ0) is 12.3. The van der Waals surface area contributed by atoms with E-state index in [1.165, 1.54) is 12.1 Å². The Kier molecular flexibility index (Phi) is 3.86. The standard InChI is InChI=1S/C11H11BrFN3O/c1-2-14-6-10-15-16-11(17-10)8-5-7(13)3-4-9(8)12/h3-5,14H,2,6H2,1H3. The predicted octanol–water partition coefficient (Wildman–Crippen LogP) is 2.75. The molecule has 0 atom stereocenters. The molecule has 17 heavy (non-hydrogen) atoms. The van der Waals surface area contributed by atoms with Gasteiger partial charge >= 0.3 is 0 Å². The number of benzene rings is 1. The van der Waals surface area contributed by atoms with Crippen LogP contribution in [-0.2, 0) is 6.54 Å². The van der Waals surface area contributed by atoms with Crippen LogP contribution in [0.5, 0.6) is 0 Å². The predicted molar refractivity (Wildman–Crippen MR) is 64.8 cm³/mol. The lowest BCUT2D eigenvalue weighted by Crippen LogP contribution is -2.11. The van der Waals surface area contributed by atoms with Gasteiger partial charge < -0.3 is 9.73 Å². The van der Waals surface area contributed by atoms with Crippen molar-refractivity contribution >= 4 is 15.9 Å². The maximum atomic E-state index is 13.1. The molecule has 1 aromatic heterocycles. The number of nitrogens with one attached hydrogen (secondary N) is 1. The largest absolute Gasteiger partial charge is 0.419 e. The van der Waals surface area contributed by atoms with Crippen LogP contribution in [0.2, 0.25) is 0 Å². The average Bonchev–Trinajstić information content (AvgIpc) is 2.78. The van der Waals surface area contributed by atoms with Gasteiger partial charge in [-0.1, -0.05) is 6.92 Å². The van der Waals surface area contributed by atoms with Gasteiger partial charge in [-0.25, -0.2) is 4.39 Å². The summed E-state index contributed by atoms with van der Waals surface area (Å²) in [5.41, 5.74) is 0.556. The van der Waals surface area contributed by atoms with E-state index < -0.39 is 0 Å². The van der Waals surface area contributed by atoms with Gasteiger partial charge in [0.05, 0.1) is 12.1 Å². The molecular formula is C11H11BrFN3O. The normalized spacial score (nSPS) is 10.8. The van der Waals surface area contributed by atoms with Crippen molar-refractivity contribution in [1.29, 1.82) is 0 Å². The number of rotatable bonds is 4. The fourth-order valence-corrected chi connectivity index (χ4v) is 1.74. The van der Waals surface area contributed by atoms with E-state index in [-0.39, 0.29) is 5.82 Å². The molecule has 0 aliphatic rings. The summed E-state index contributed by atoms with van der Waals surface area (Å²) in [6.07, 6.45) is 0. The molecular weight excluding hydrogens is 289 g/mol. The van der Waals surface area contributed by atoms with Crippen molar-refractivity contribution in [1.82, 2.24) is 15.5 Å². The lowest BCUT2D eigenvalue weighted by molar-refractivity contribution is 0.481. The summed E-state index contributed by atoms with van der Waals surface area (Å²) in [7, 11) is 0. The third-order valence-corrected chi connectivity index (χ3v) is 2.84. The Morgan fingerprint density at radius 2 is 2.24 bits per heavy atom. The first-order valence-electron chi connectivity index (χ1n) is 5.19. The first-order valence-corrected chi connectivity index (χ1v) is 5.98. The third-order valence-electron chi connectivity index (χ3n) is 2.15. The summed E-state index contributed by atoms with van der Waals surface area (Å²) < 4.78 is 19.3. The molecule has 0 saturated carbocycles. The van der Waals surface area contributed by atoms with Crippen molar-refractivity contribution in [2.45, 2.75) is 13.5 Å². The minimum Gasteiger partial charge on any atom is -0.419 e. The SMILES string of the molecule is CCNCc1nnc(-c2cc(F)ccc2Br)o1. The van der Waals surface area contributed by atoms with E-state index in [4.69, 9.17) is 4.42 Å². The molecule has 6 heteroatoms. The molecule has 0 spiro atoms. The molecule has 0 bridgehead atoms. The molecule has 0 fully saturated rings. The second-order valence-corrected chi connectivity index (χ2v) is 4.26. The van der Waals surface area contributed by atoms with Crippen LogP contribution in [0.25, 0.3) is 11.5 Å². The van der Waals surface area contributed by atoms with Crippen molar-refractivity contribution in [2.75, 3.05) is 6.54 Å². The van der Waals surface area contributed by atoms with E-state index in [0.717, 1.165) is 11.0 Å². The zero-order valence-corrected chi connectivity index (χ0v) is 10.8. The number of nitrogens with zero attached hydrogens (tertiary/aromatic N) is 2. The molecule has 2 aromatic rings. The summed E-state index contributed by atoms with van der Waals surface area (Å²) in [5.74, 6) is 0.455. The van der Waals surface area contributed by atoms with Crippen LogP contribution in [0.3, 0.4) is 0 Å². The average molecular weight is 300 g/mol. The van der Waals surface area contributed by atoms with E-state index in [2.05, 4.69) is 31.4 Å². The number of halogens is 2. The van der Waals surface area contributed by atoms with Gasteiger partial charge in [0.2, 0.25) is 11.8 Å². The molecule has 2 rings (SSSR count). The van der Waals surface area contributed by atoms with E-state index in [1.807, 2.05) is 6.92 Å². The molecule has 1 aromatic carbocycles. The van der Waals surface area contributed by atoms with Gasteiger partial charge in [-0.3, -0.25) is 0 Å². The van der Waals surface area contributed by atoms with Crippen molar-refractivity contribution < 1.29 is 8.81 Å². The summed E-state index contributed by atoms with van der Waals surface area (Å²) >= 11 is 3.32. The summed E-state index contributed by atoms with van der Waals surface area (Å²) in [6.45, 7) is 3.32. The minimum absolute atomic E-state index is 0.310. The van der Waals surface area contributed by atoms with Crippen molar-refractivity contribution in [3.63, 3.8) is 0 Å². The summed E-state index contributed by atoms with van der Waals surface area (Å²) in [6, 6.07) is 4.33. The van der Waals surface area contributed by atoms with Crippen LogP contribution in [-0.4, -0.2) is 16.7 Å². The molecule has 1 heterocycles. The number of hydrogen-bond donors (Lipinski definition) is 1. The van der Waals surface area contributed by atoms with Crippen LogP contribution in [0.1, 0.15) is 12.8 Å². The molecule has 0 saturated heterocycles. The van der Waals surface area contributed by atoms with Gasteiger partial charge in [0.1, 0.15) is 5.82 Å². The van der Waals surface area contributed by atoms with Crippen LogP contribution in [0, 0.1) is 5.82 Å². The molecule has 1 N–H and O–H groups in total. The Balaban J connectivity index is 2.27. The topological polar surface area (TPSA) is 51.0 Å². The van der Waals surface area contributed by atoms with Gasteiger partial charge in [0.15, 0.2) is 0 Å². The number of hydrogen-bond acceptors (Lipinski definition) is 4. The molecule has 0 radical (unpaired) electrons. The molecule has 0 aliphatic heterocycles. The summed E-state index contributed by atoms with van der Waals surface area (Å²) in [5, 5.41) is 10.8. The molecule has 0 unspecified atom stereocenters. The highest BCUT2D eigenvalue weighted by atomic mass is 79.9. The lowest BCUT2D eigenvalue weighted by Gasteiger charge is -1.99. The Labute approximate surface area is 106 Å². The monoisotopic (exact) mass is 299 g/mol. The summed E-state index contributed by atoms with van der Waals surface area (Å²) in [4.78, 5) is 0. The van der Waals surface area contributed by atoms with E-state index in [0.29, 0.717) is 23.9 Å². The zero-order valence-electron chi connectivity index (χ0n) is 9.20. The Hall–Kier alpha value is -1.27. The highest BCUT2D eigenvalue weighted by Crippen LogP contribution is 2.27. The van der Waals surface area contributed by atoms with E-state index >= 15 is 0 Å². The minimum atomic E-state index is -0.338. The van der Waals surface area contributed by atoms with Gasteiger partial charge in [-0.2, -0.15) is 0 Å².